The third-order valence-corrected chi connectivity index (χ3v) is 3.98. The van der Waals surface area contributed by atoms with E-state index in [-0.39, 0.29) is 6.10 Å². The van der Waals surface area contributed by atoms with Gasteiger partial charge in [-0.1, -0.05) is 0 Å². The molecule has 0 bridgehead atoms. The van der Waals surface area contributed by atoms with Gasteiger partial charge < -0.3 is 15.2 Å². The van der Waals surface area contributed by atoms with Crippen molar-refractivity contribution in [3.05, 3.63) is 0 Å². The van der Waals surface area contributed by atoms with Crippen LogP contribution in [0.2, 0.25) is 0 Å². The van der Waals surface area contributed by atoms with Gasteiger partial charge in [-0.05, 0) is 64.0 Å². The van der Waals surface area contributed by atoms with Crippen LogP contribution in [0, 0.1) is 5.92 Å². The maximum Gasteiger partial charge on any atom is 0.0576 e. The van der Waals surface area contributed by atoms with E-state index < -0.39 is 0 Å². The highest BCUT2D eigenvalue weighted by atomic mass is 16.5. The van der Waals surface area contributed by atoms with Crippen LogP contribution in [0.25, 0.3) is 0 Å². The Kier molecular flexibility index (Phi) is 5.07. The Balaban J connectivity index is 1.57. The summed E-state index contributed by atoms with van der Waals surface area (Å²) in [5.74, 6) is 0.533. The lowest BCUT2D eigenvalue weighted by molar-refractivity contribution is 0.0663. The summed E-state index contributed by atoms with van der Waals surface area (Å²) in [6.07, 6.45) is 8.36. The Morgan fingerprint density at radius 1 is 1.25 bits per heavy atom. The van der Waals surface area contributed by atoms with Gasteiger partial charge in [0.05, 0.1) is 12.2 Å². The van der Waals surface area contributed by atoms with Crippen molar-refractivity contribution in [1.82, 2.24) is 5.32 Å². The van der Waals surface area contributed by atoms with Crippen LogP contribution >= 0.6 is 0 Å². The summed E-state index contributed by atoms with van der Waals surface area (Å²) in [7, 11) is 0. The van der Waals surface area contributed by atoms with Gasteiger partial charge in [0.25, 0.3) is 0 Å². The van der Waals surface area contributed by atoms with Crippen molar-refractivity contribution in [2.45, 2.75) is 57.2 Å². The van der Waals surface area contributed by atoms with E-state index in [2.05, 4.69) is 5.32 Å². The summed E-state index contributed by atoms with van der Waals surface area (Å²) >= 11 is 0. The van der Waals surface area contributed by atoms with E-state index in [4.69, 9.17) is 4.74 Å². The second-order valence-corrected chi connectivity index (χ2v) is 5.22. The molecule has 2 heterocycles. The predicted octanol–water partition coefficient (Wildman–Crippen LogP) is 1.70. The normalized spacial score (nSPS) is 29.4. The Labute approximate surface area is 98.6 Å². The summed E-state index contributed by atoms with van der Waals surface area (Å²) in [5, 5.41) is 13.4. The molecule has 0 spiro atoms. The average molecular weight is 227 g/mol. The van der Waals surface area contributed by atoms with Crippen LogP contribution in [0.3, 0.4) is 0 Å². The number of rotatable bonds is 5. The highest BCUT2D eigenvalue weighted by molar-refractivity contribution is 4.76. The third kappa shape index (κ3) is 3.72. The van der Waals surface area contributed by atoms with E-state index in [1.807, 2.05) is 0 Å². The molecule has 3 heteroatoms. The van der Waals surface area contributed by atoms with Gasteiger partial charge in [0.15, 0.2) is 0 Å². The number of hydrogen-bond acceptors (Lipinski definition) is 3. The van der Waals surface area contributed by atoms with Gasteiger partial charge in [-0.2, -0.15) is 0 Å². The van der Waals surface area contributed by atoms with Crippen molar-refractivity contribution in [3.8, 4) is 0 Å². The Morgan fingerprint density at radius 2 is 2.06 bits per heavy atom. The summed E-state index contributed by atoms with van der Waals surface area (Å²) in [4.78, 5) is 0. The molecule has 94 valence electrons. The van der Waals surface area contributed by atoms with E-state index in [9.17, 15) is 5.11 Å². The molecule has 0 aromatic rings. The van der Waals surface area contributed by atoms with Crippen molar-refractivity contribution in [3.63, 3.8) is 0 Å². The molecule has 16 heavy (non-hydrogen) atoms. The van der Waals surface area contributed by atoms with Gasteiger partial charge in [-0.15, -0.1) is 0 Å². The quantitative estimate of drug-likeness (QED) is 0.751. The van der Waals surface area contributed by atoms with Crippen molar-refractivity contribution in [2.24, 2.45) is 5.92 Å². The first-order valence-corrected chi connectivity index (χ1v) is 6.86. The second kappa shape index (κ2) is 6.58. The summed E-state index contributed by atoms with van der Waals surface area (Å²) in [6.45, 7) is 3.10. The first-order chi connectivity index (χ1) is 7.86. The highest BCUT2D eigenvalue weighted by Crippen LogP contribution is 2.23. The SMILES string of the molecule is OC(CCCC1CCCO1)C1CCNCC1. The van der Waals surface area contributed by atoms with E-state index >= 15 is 0 Å². The molecule has 0 aliphatic carbocycles. The molecule has 2 atom stereocenters. The van der Waals surface area contributed by atoms with E-state index in [1.165, 1.54) is 12.8 Å². The van der Waals surface area contributed by atoms with Crippen LogP contribution in [-0.2, 0) is 4.74 Å². The van der Waals surface area contributed by atoms with Crippen molar-refractivity contribution >= 4 is 0 Å². The van der Waals surface area contributed by atoms with Crippen LogP contribution in [-0.4, -0.2) is 37.0 Å². The van der Waals surface area contributed by atoms with Gasteiger partial charge in [0.2, 0.25) is 0 Å². The lowest BCUT2D eigenvalue weighted by atomic mass is 9.89. The molecule has 2 fully saturated rings. The van der Waals surface area contributed by atoms with Gasteiger partial charge in [0.1, 0.15) is 0 Å². The molecular weight excluding hydrogens is 202 g/mol. The summed E-state index contributed by atoms with van der Waals surface area (Å²) < 4.78 is 5.59. The Bertz CT molecular complexity index is 186. The second-order valence-electron chi connectivity index (χ2n) is 5.22. The lowest BCUT2D eigenvalue weighted by Crippen LogP contribution is -2.34. The molecule has 0 amide bonds. The number of ether oxygens (including phenoxy) is 1. The average Bonchev–Trinajstić information content (AvgIpc) is 2.83. The highest BCUT2D eigenvalue weighted by Gasteiger charge is 2.22. The molecule has 0 aromatic carbocycles. The monoisotopic (exact) mass is 227 g/mol. The molecule has 2 N–H and O–H groups in total. The third-order valence-electron chi connectivity index (χ3n) is 3.98. The topological polar surface area (TPSA) is 41.5 Å². The van der Waals surface area contributed by atoms with Crippen LogP contribution in [0.1, 0.15) is 44.9 Å². The van der Waals surface area contributed by atoms with Gasteiger partial charge >= 0.3 is 0 Å². The minimum atomic E-state index is -0.0801. The van der Waals surface area contributed by atoms with Crippen LogP contribution in [0.15, 0.2) is 0 Å². The zero-order valence-electron chi connectivity index (χ0n) is 10.2. The van der Waals surface area contributed by atoms with E-state index in [0.717, 1.165) is 51.8 Å². The number of hydrogen-bond donors (Lipinski definition) is 2. The molecule has 3 nitrogen and oxygen atoms in total. The molecule has 2 aliphatic rings. The molecule has 2 aliphatic heterocycles. The van der Waals surface area contributed by atoms with E-state index in [0.29, 0.717) is 12.0 Å². The van der Waals surface area contributed by atoms with Gasteiger partial charge in [-0.3, -0.25) is 0 Å². The minimum absolute atomic E-state index is 0.0801. The van der Waals surface area contributed by atoms with Gasteiger partial charge in [0, 0.05) is 6.61 Å². The largest absolute Gasteiger partial charge is 0.393 e. The first-order valence-electron chi connectivity index (χ1n) is 6.86. The smallest absolute Gasteiger partial charge is 0.0576 e. The first kappa shape index (κ1) is 12.3. The zero-order valence-corrected chi connectivity index (χ0v) is 10.2. The maximum atomic E-state index is 10.1. The fourth-order valence-corrected chi connectivity index (χ4v) is 2.89. The number of piperidine rings is 1. The molecule has 2 rings (SSSR count). The maximum absolute atomic E-state index is 10.1. The molecule has 0 saturated carbocycles. The fraction of sp³-hybridized carbons (Fsp3) is 1.00. The van der Waals surface area contributed by atoms with Gasteiger partial charge in [-0.25, -0.2) is 0 Å². The minimum Gasteiger partial charge on any atom is -0.393 e. The number of aliphatic hydroxyl groups is 1. The fourth-order valence-electron chi connectivity index (χ4n) is 2.89. The Hall–Kier alpha value is -0.120. The lowest BCUT2D eigenvalue weighted by Gasteiger charge is -2.27. The molecule has 2 unspecified atom stereocenters. The van der Waals surface area contributed by atoms with Crippen LogP contribution in [0.5, 0.6) is 0 Å². The predicted molar refractivity (Wildman–Crippen MR) is 64.4 cm³/mol. The van der Waals surface area contributed by atoms with Crippen LogP contribution in [0.4, 0.5) is 0 Å². The number of nitrogens with one attached hydrogen (secondary N) is 1. The zero-order chi connectivity index (χ0) is 11.2. The van der Waals surface area contributed by atoms with E-state index in [1.54, 1.807) is 0 Å². The van der Waals surface area contributed by atoms with Crippen molar-refractivity contribution in [2.75, 3.05) is 19.7 Å². The van der Waals surface area contributed by atoms with Crippen molar-refractivity contribution < 1.29 is 9.84 Å². The standard InChI is InChI=1S/C13H25NO2/c15-13(11-6-8-14-9-7-11)5-1-3-12-4-2-10-16-12/h11-15H,1-10H2. The van der Waals surface area contributed by atoms with Crippen molar-refractivity contribution in [1.29, 1.82) is 0 Å². The molecule has 0 radical (unpaired) electrons. The number of aliphatic hydroxyl groups excluding tert-OH is 1. The molecule has 0 aromatic heterocycles. The molecule has 2 saturated heterocycles. The Morgan fingerprint density at radius 3 is 2.75 bits per heavy atom. The summed E-state index contributed by atoms with van der Waals surface area (Å²) in [5.41, 5.74) is 0. The van der Waals surface area contributed by atoms with Crippen LogP contribution < -0.4 is 5.32 Å². The summed E-state index contributed by atoms with van der Waals surface area (Å²) in [6, 6.07) is 0. The molecular formula is C13H25NO2.